The van der Waals surface area contributed by atoms with E-state index in [4.69, 9.17) is 5.73 Å². The molecular formula is C7H12N4O2. The van der Waals surface area contributed by atoms with Crippen LogP contribution in [0.2, 0.25) is 0 Å². The minimum atomic E-state index is -0.934. The number of rotatable bonds is 1. The summed E-state index contributed by atoms with van der Waals surface area (Å²) >= 11 is 0. The van der Waals surface area contributed by atoms with E-state index in [0.29, 0.717) is 0 Å². The van der Waals surface area contributed by atoms with Crippen molar-refractivity contribution in [3.63, 3.8) is 0 Å². The zero-order valence-corrected chi connectivity index (χ0v) is 7.81. The van der Waals surface area contributed by atoms with E-state index in [1.807, 2.05) is 20.8 Å². The number of hydrogen-bond acceptors (Lipinski definition) is 4. The van der Waals surface area contributed by atoms with Crippen molar-refractivity contribution in [2.45, 2.75) is 26.2 Å². The molecule has 6 nitrogen and oxygen atoms in total. The Kier molecular flexibility index (Phi) is 2.22. The number of nitrogens with two attached hydrogens (primary N) is 1. The second-order valence-electron chi connectivity index (χ2n) is 3.64. The van der Waals surface area contributed by atoms with Crippen molar-refractivity contribution in [2.24, 2.45) is 5.73 Å². The molecule has 0 aliphatic rings. The third-order valence-electron chi connectivity index (χ3n) is 1.41. The molecule has 1 heterocycles. The van der Waals surface area contributed by atoms with Gasteiger partial charge in [-0.3, -0.25) is 4.84 Å². The van der Waals surface area contributed by atoms with Crippen LogP contribution in [0.4, 0.5) is 4.79 Å². The van der Waals surface area contributed by atoms with Gasteiger partial charge in [-0.05, 0) is 0 Å². The van der Waals surface area contributed by atoms with Crippen LogP contribution in [0.1, 0.15) is 26.5 Å². The van der Waals surface area contributed by atoms with E-state index in [9.17, 15) is 4.79 Å². The van der Waals surface area contributed by atoms with Crippen molar-refractivity contribution >= 4 is 6.09 Å². The van der Waals surface area contributed by atoms with Crippen molar-refractivity contribution in [1.82, 2.24) is 15.2 Å². The van der Waals surface area contributed by atoms with Crippen molar-refractivity contribution < 1.29 is 9.63 Å². The molecule has 72 valence electrons. The van der Waals surface area contributed by atoms with Gasteiger partial charge in [-0.2, -0.15) is 0 Å². The fourth-order valence-electron chi connectivity index (χ4n) is 0.716. The molecule has 2 N–H and O–H groups in total. The maximum absolute atomic E-state index is 10.3. The monoisotopic (exact) mass is 184 g/mol. The Bertz CT molecular complexity index is 313. The predicted octanol–water partition coefficient (Wildman–Crippen LogP) is 0.0829. The molecular weight excluding hydrogens is 172 g/mol. The molecule has 0 aliphatic heterocycles. The Morgan fingerprint density at radius 1 is 1.62 bits per heavy atom. The Morgan fingerprint density at radius 3 is 2.62 bits per heavy atom. The minimum absolute atomic E-state index is 0.126. The van der Waals surface area contributed by atoms with Gasteiger partial charge in [0, 0.05) is 10.4 Å². The highest BCUT2D eigenvalue weighted by Gasteiger charge is 2.18. The fraction of sp³-hybridized carbons (Fsp3) is 0.571. The van der Waals surface area contributed by atoms with E-state index >= 15 is 0 Å². The number of amides is 1. The molecule has 0 bridgehead atoms. The third kappa shape index (κ3) is 2.43. The lowest BCUT2D eigenvalue weighted by Gasteiger charge is -2.12. The zero-order valence-electron chi connectivity index (χ0n) is 7.81. The predicted molar refractivity (Wildman–Crippen MR) is 44.9 cm³/mol. The molecule has 0 fully saturated rings. The SMILES string of the molecule is CC(C)(C)c1cnn(OC(N)=O)n1. The minimum Gasteiger partial charge on any atom is -0.333 e. The Labute approximate surface area is 75.6 Å². The molecule has 1 aromatic rings. The summed E-state index contributed by atoms with van der Waals surface area (Å²) in [7, 11) is 0. The molecule has 0 aromatic carbocycles. The molecule has 0 spiro atoms. The summed E-state index contributed by atoms with van der Waals surface area (Å²) in [4.78, 5) is 15.6. The molecule has 0 saturated carbocycles. The quantitative estimate of drug-likeness (QED) is 0.670. The first-order valence-electron chi connectivity index (χ1n) is 3.80. The molecule has 1 aromatic heterocycles. The topological polar surface area (TPSA) is 83.0 Å². The molecule has 0 saturated heterocycles. The first-order chi connectivity index (χ1) is 5.89. The summed E-state index contributed by atoms with van der Waals surface area (Å²) in [6.45, 7) is 5.93. The molecule has 0 radical (unpaired) electrons. The fourth-order valence-corrected chi connectivity index (χ4v) is 0.716. The van der Waals surface area contributed by atoms with Crippen LogP contribution in [0.25, 0.3) is 0 Å². The van der Waals surface area contributed by atoms with E-state index in [0.717, 1.165) is 10.7 Å². The zero-order chi connectivity index (χ0) is 10.1. The van der Waals surface area contributed by atoms with Gasteiger partial charge in [-0.25, -0.2) is 4.79 Å². The second kappa shape index (κ2) is 3.04. The highest BCUT2D eigenvalue weighted by molar-refractivity contribution is 5.64. The van der Waals surface area contributed by atoms with Crippen LogP contribution in [0, 0.1) is 0 Å². The molecule has 13 heavy (non-hydrogen) atoms. The summed E-state index contributed by atoms with van der Waals surface area (Å²) in [6, 6.07) is 0. The van der Waals surface area contributed by atoms with Crippen molar-refractivity contribution in [2.75, 3.05) is 0 Å². The maximum atomic E-state index is 10.3. The van der Waals surface area contributed by atoms with Gasteiger partial charge in [0.25, 0.3) is 0 Å². The van der Waals surface area contributed by atoms with Crippen LogP contribution in [-0.2, 0) is 5.41 Å². The molecule has 1 rings (SSSR count). The Morgan fingerprint density at radius 2 is 2.23 bits per heavy atom. The average Bonchev–Trinajstić information content (AvgIpc) is 2.32. The lowest BCUT2D eigenvalue weighted by molar-refractivity contribution is 0.102. The van der Waals surface area contributed by atoms with Crippen LogP contribution < -0.4 is 10.6 Å². The van der Waals surface area contributed by atoms with E-state index in [1.165, 1.54) is 6.20 Å². The van der Waals surface area contributed by atoms with Crippen molar-refractivity contribution in [1.29, 1.82) is 0 Å². The highest BCUT2D eigenvalue weighted by Crippen LogP contribution is 2.17. The normalized spacial score (nSPS) is 11.3. The van der Waals surface area contributed by atoms with Crippen molar-refractivity contribution in [3.8, 4) is 0 Å². The summed E-state index contributed by atoms with van der Waals surface area (Å²) in [5.74, 6) is 0. The van der Waals surface area contributed by atoms with E-state index < -0.39 is 6.09 Å². The van der Waals surface area contributed by atoms with Gasteiger partial charge in [0.05, 0.1) is 11.9 Å². The maximum Gasteiger partial charge on any atom is 0.432 e. The molecule has 0 atom stereocenters. The molecule has 6 heteroatoms. The lowest BCUT2D eigenvalue weighted by Crippen LogP contribution is -2.27. The van der Waals surface area contributed by atoms with Crippen LogP contribution >= 0.6 is 0 Å². The van der Waals surface area contributed by atoms with Crippen molar-refractivity contribution in [3.05, 3.63) is 11.9 Å². The number of nitrogens with zero attached hydrogens (tertiary/aromatic N) is 3. The Balaban J connectivity index is 2.81. The summed E-state index contributed by atoms with van der Waals surface area (Å²) in [5, 5.41) is 7.61. The van der Waals surface area contributed by atoms with Crippen LogP contribution in [-0.4, -0.2) is 21.3 Å². The lowest BCUT2D eigenvalue weighted by atomic mass is 9.93. The summed E-state index contributed by atoms with van der Waals surface area (Å²) < 4.78 is 0. The smallest absolute Gasteiger partial charge is 0.333 e. The van der Waals surface area contributed by atoms with Gasteiger partial charge >= 0.3 is 6.09 Å². The van der Waals surface area contributed by atoms with Gasteiger partial charge in [0.2, 0.25) is 0 Å². The van der Waals surface area contributed by atoms with E-state index in [-0.39, 0.29) is 5.41 Å². The van der Waals surface area contributed by atoms with Gasteiger partial charge in [0.15, 0.2) is 0 Å². The van der Waals surface area contributed by atoms with Gasteiger partial charge < -0.3 is 5.73 Å². The molecule has 0 unspecified atom stereocenters. The number of carbonyl (C=O) groups is 1. The first-order valence-corrected chi connectivity index (χ1v) is 3.80. The van der Waals surface area contributed by atoms with Crippen LogP contribution in [0.3, 0.4) is 0 Å². The highest BCUT2D eigenvalue weighted by atomic mass is 16.7. The number of primary amides is 1. The van der Waals surface area contributed by atoms with Gasteiger partial charge in [-0.1, -0.05) is 20.8 Å². The summed E-state index contributed by atoms with van der Waals surface area (Å²) in [5.41, 5.74) is 5.39. The first kappa shape index (κ1) is 9.50. The standard InChI is InChI=1S/C7H12N4O2/c1-7(2,3)5-4-9-11(10-5)13-6(8)12/h4H,1-3H3,(H2,8,12). The number of hydrogen-bond donors (Lipinski definition) is 1. The number of carbonyl (C=O) groups excluding carboxylic acids is 1. The Hall–Kier alpha value is -1.59. The van der Waals surface area contributed by atoms with Crippen LogP contribution in [0.5, 0.6) is 0 Å². The second-order valence-corrected chi connectivity index (χ2v) is 3.64. The molecule has 1 amide bonds. The van der Waals surface area contributed by atoms with E-state index in [1.54, 1.807) is 0 Å². The largest absolute Gasteiger partial charge is 0.432 e. The van der Waals surface area contributed by atoms with Gasteiger partial charge in [-0.15, -0.1) is 10.2 Å². The summed E-state index contributed by atoms with van der Waals surface area (Å²) in [6.07, 6.45) is 0.596. The molecule has 0 aliphatic carbocycles. The van der Waals surface area contributed by atoms with Crippen LogP contribution in [0.15, 0.2) is 6.20 Å². The van der Waals surface area contributed by atoms with Gasteiger partial charge in [0.1, 0.15) is 0 Å². The third-order valence-corrected chi connectivity index (χ3v) is 1.41. The number of aromatic nitrogens is 3. The average molecular weight is 184 g/mol. The van der Waals surface area contributed by atoms with E-state index in [2.05, 4.69) is 15.0 Å².